The molecule has 2 fully saturated rings. The van der Waals surface area contributed by atoms with E-state index in [0.29, 0.717) is 24.4 Å². The van der Waals surface area contributed by atoms with E-state index in [1.54, 1.807) is 0 Å². The zero-order valence-corrected chi connectivity index (χ0v) is 22.1. The number of anilines is 1. The Morgan fingerprint density at radius 3 is 2.50 bits per heavy atom. The van der Waals surface area contributed by atoms with Crippen LogP contribution in [0.1, 0.15) is 89.6 Å². The van der Waals surface area contributed by atoms with Crippen molar-refractivity contribution in [2.24, 2.45) is 22.2 Å². The van der Waals surface area contributed by atoms with Gasteiger partial charge in [0, 0.05) is 41.1 Å². The first-order valence-corrected chi connectivity index (χ1v) is 13.6. The van der Waals surface area contributed by atoms with Gasteiger partial charge in [0.15, 0.2) is 5.13 Å². The Kier molecular flexibility index (Phi) is 6.90. The molecule has 190 valence electrons. The molecule has 3 aliphatic rings. The molecule has 34 heavy (non-hydrogen) atoms. The number of likely N-dealkylation sites (tertiary alicyclic amines) is 1. The molecule has 0 bridgehead atoms. The molecule has 1 saturated carbocycles. The van der Waals surface area contributed by atoms with Gasteiger partial charge in [-0.15, -0.1) is 11.3 Å². The van der Waals surface area contributed by atoms with Gasteiger partial charge in [-0.25, -0.2) is 4.98 Å². The summed E-state index contributed by atoms with van der Waals surface area (Å²) in [5, 5.41) is 24.9. The van der Waals surface area contributed by atoms with Gasteiger partial charge in [0.25, 0.3) is 0 Å². The fourth-order valence-electron chi connectivity index (χ4n) is 6.43. The zero-order valence-electron chi connectivity index (χ0n) is 21.3. The topological polar surface area (TPSA) is 103 Å². The van der Waals surface area contributed by atoms with Gasteiger partial charge < -0.3 is 20.4 Å². The Balaban J connectivity index is 1.72. The first-order chi connectivity index (χ1) is 15.9. The second kappa shape index (κ2) is 9.17. The van der Waals surface area contributed by atoms with Crippen molar-refractivity contribution < 1.29 is 19.8 Å². The van der Waals surface area contributed by atoms with Crippen molar-refractivity contribution in [1.29, 1.82) is 0 Å². The van der Waals surface area contributed by atoms with Crippen molar-refractivity contribution in [3.05, 3.63) is 10.6 Å². The van der Waals surface area contributed by atoms with Crippen LogP contribution >= 0.6 is 11.3 Å². The fraction of sp³-hybridized carbons (Fsp3) is 0.808. The number of nitrogens with zero attached hydrogens (tertiary/aromatic N) is 2. The molecule has 2 amide bonds. The van der Waals surface area contributed by atoms with E-state index in [9.17, 15) is 19.8 Å². The second-order valence-corrected chi connectivity index (χ2v) is 13.3. The number of piperidine rings is 1. The number of carbonyl (C=O) groups excluding carboxylic acids is 2. The summed E-state index contributed by atoms with van der Waals surface area (Å²) in [6, 6.07) is 0. The summed E-state index contributed by atoms with van der Waals surface area (Å²) in [7, 11) is 0. The summed E-state index contributed by atoms with van der Waals surface area (Å²) < 4.78 is 0. The number of aliphatic hydroxyl groups excluding tert-OH is 2. The van der Waals surface area contributed by atoms with E-state index in [2.05, 4.69) is 12.2 Å². The molecule has 8 heteroatoms. The Morgan fingerprint density at radius 1 is 1.21 bits per heavy atom. The SMILES string of the molecule is CC(C)(C)C(=O)Nc1nc2c(s1)C[C@@H]1[C@](C)(CO)[C@H](O)CC[C@@]1(C)[C@@H]2CC(=O)N1CCCCC1. The summed E-state index contributed by atoms with van der Waals surface area (Å²) in [5.41, 5.74) is -0.519. The van der Waals surface area contributed by atoms with Crippen LogP contribution in [-0.2, 0) is 16.0 Å². The van der Waals surface area contributed by atoms with Gasteiger partial charge in [0.1, 0.15) is 0 Å². The lowest BCUT2D eigenvalue weighted by Crippen LogP contribution is -2.57. The first kappa shape index (κ1) is 25.6. The summed E-state index contributed by atoms with van der Waals surface area (Å²) in [6.45, 7) is 11.4. The highest BCUT2D eigenvalue weighted by molar-refractivity contribution is 7.15. The van der Waals surface area contributed by atoms with Gasteiger partial charge in [-0.2, -0.15) is 0 Å². The van der Waals surface area contributed by atoms with Gasteiger partial charge >= 0.3 is 0 Å². The standard InChI is InChI=1S/C26H41N3O4S/c1-24(2,3)22(33)28-23-27-21-16(13-20(32)29-11-7-6-8-12-29)25(4)10-9-19(31)26(5,15-30)18(25)14-17(21)34-23/h16,18-19,30-31H,6-15H2,1-5H3,(H,27,28,33)/t16-,18+,19-,25+,26+/m1/s1. The lowest BCUT2D eigenvalue weighted by Gasteiger charge is -2.58. The number of nitrogens with one attached hydrogen (secondary N) is 1. The average molecular weight is 492 g/mol. The lowest BCUT2D eigenvalue weighted by molar-refractivity contribution is -0.147. The minimum Gasteiger partial charge on any atom is -0.396 e. The minimum atomic E-state index is -0.643. The van der Waals surface area contributed by atoms with Crippen LogP contribution in [0.2, 0.25) is 0 Å². The van der Waals surface area contributed by atoms with E-state index in [1.807, 2.05) is 32.6 Å². The molecule has 1 aromatic heterocycles. The molecule has 0 radical (unpaired) electrons. The Labute approximate surface area is 207 Å². The van der Waals surface area contributed by atoms with Crippen molar-refractivity contribution in [2.45, 2.75) is 91.6 Å². The molecular weight excluding hydrogens is 450 g/mol. The molecule has 1 saturated heterocycles. The maximum absolute atomic E-state index is 13.4. The van der Waals surface area contributed by atoms with E-state index >= 15 is 0 Å². The number of fused-ring (bicyclic) bond motifs is 2. The van der Waals surface area contributed by atoms with Crippen LogP contribution in [0.5, 0.6) is 0 Å². The number of carbonyl (C=O) groups is 2. The van der Waals surface area contributed by atoms with E-state index in [0.717, 1.165) is 42.9 Å². The van der Waals surface area contributed by atoms with Crippen LogP contribution < -0.4 is 5.32 Å². The maximum Gasteiger partial charge on any atom is 0.231 e. The maximum atomic E-state index is 13.4. The van der Waals surface area contributed by atoms with E-state index in [4.69, 9.17) is 4.98 Å². The highest BCUT2D eigenvalue weighted by Gasteiger charge is 2.59. The van der Waals surface area contributed by atoms with Gasteiger partial charge in [-0.05, 0) is 49.9 Å². The summed E-state index contributed by atoms with van der Waals surface area (Å²) >= 11 is 1.48. The number of amides is 2. The third-order valence-electron chi connectivity index (χ3n) is 8.88. The smallest absolute Gasteiger partial charge is 0.231 e. The number of aliphatic hydroxyl groups is 2. The number of hydrogen-bond acceptors (Lipinski definition) is 6. The van der Waals surface area contributed by atoms with Gasteiger partial charge in [0.05, 0.1) is 18.4 Å². The van der Waals surface area contributed by atoms with Crippen LogP contribution in [-0.4, -0.2) is 57.7 Å². The monoisotopic (exact) mass is 491 g/mol. The third kappa shape index (κ3) is 4.42. The number of thiazole rings is 1. The molecule has 3 N–H and O–H groups in total. The van der Waals surface area contributed by atoms with Crippen LogP contribution in [0.25, 0.3) is 0 Å². The van der Waals surface area contributed by atoms with Crippen molar-refractivity contribution in [3.63, 3.8) is 0 Å². The van der Waals surface area contributed by atoms with Crippen LogP contribution in [0, 0.1) is 22.2 Å². The molecule has 4 rings (SSSR count). The van der Waals surface area contributed by atoms with Crippen molar-refractivity contribution in [2.75, 3.05) is 25.0 Å². The fourth-order valence-corrected chi connectivity index (χ4v) is 7.49. The highest BCUT2D eigenvalue weighted by atomic mass is 32.1. The first-order valence-electron chi connectivity index (χ1n) is 12.8. The normalized spacial score (nSPS) is 33.7. The van der Waals surface area contributed by atoms with Crippen LogP contribution in [0.15, 0.2) is 0 Å². The molecule has 5 atom stereocenters. The number of hydrogen-bond donors (Lipinski definition) is 3. The predicted octanol–water partition coefficient (Wildman–Crippen LogP) is 3.95. The zero-order chi connectivity index (χ0) is 24.9. The average Bonchev–Trinajstić information content (AvgIpc) is 3.19. The Morgan fingerprint density at radius 2 is 1.88 bits per heavy atom. The minimum absolute atomic E-state index is 0.0204. The van der Waals surface area contributed by atoms with Gasteiger partial charge in [-0.3, -0.25) is 9.59 Å². The molecule has 1 aromatic rings. The quantitative estimate of drug-likeness (QED) is 0.592. The van der Waals surface area contributed by atoms with Crippen molar-refractivity contribution in [1.82, 2.24) is 9.88 Å². The molecule has 2 aliphatic carbocycles. The van der Waals surface area contributed by atoms with Crippen LogP contribution in [0.4, 0.5) is 5.13 Å². The van der Waals surface area contributed by atoms with E-state index in [-0.39, 0.29) is 35.7 Å². The Bertz CT molecular complexity index is 935. The number of aromatic nitrogens is 1. The van der Waals surface area contributed by atoms with Gasteiger partial charge in [-0.1, -0.05) is 34.6 Å². The molecule has 7 nitrogen and oxygen atoms in total. The summed E-state index contributed by atoms with van der Waals surface area (Å²) in [4.78, 5) is 34.0. The largest absolute Gasteiger partial charge is 0.396 e. The highest BCUT2D eigenvalue weighted by Crippen LogP contribution is 2.63. The molecule has 0 unspecified atom stereocenters. The van der Waals surface area contributed by atoms with E-state index in [1.165, 1.54) is 17.8 Å². The van der Waals surface area contributed by atoms with Crippen LogP contribution in [0.3, 0.4) is 0 Å². The van der Waals surface area contributed by atoms with Gasteiger partial charge in [0.2, 0.25) is 11.8 Å². The number of rotatable bonds is 4. The van der Waals surface area contributed by atoms with Crippen molar-refractivity contribution in [3.8, 4) is 0 Å². The Hall–Kier alpha value is -1.51. The predicted molar refractivity (Wildman–Crippen MR) is 134 cm³/mol. The molecular formula is C26H41N3O4S. The van der Waals surface area contributed by atoms with E-state index < -0.39 is 16.9 Å². The summed E-state index contributed by atoms with van der Waals surface area (Å²) in [5.74, 6) is -0.000902. The lowest BCUT2D eigenvalue weighted by atomic mass is 9.47. The molecule has 1 aliphatic heterocycles. The molecule has 2 heterocycles. The molecule has 0 spiro atoms. The summed E-state index contributed by atoms with van der Waals surface area (Å²) in [6.07, 6.45) is 5.16. The third-order valence-corrected chi connectivity index (χ3v) is 9.89. The molecule has 0 aromatic carbocycles. The van der Waals surface area contributed by atoms with Crippen molar-refractivity contribution >= 4 is 28.3 Å². The second-order valence-electron chi connectivity index (χ2n) is 12.2.